The smallest absolute Gasteiger partial charge is 0.303 e. The third kappa shape index (κ3) is 9.62. The number of rotatable bonds is 16. The maximum Gasteiger partial charge on any atom is 0.303 e. The highest BCUT2D eigenvalue weighted by Crippen LogP contribution is 2.36. The quantitative estimate of drug-likeness (QED) is 0.0570. The molecule has 0 amide bonds. The first kappa shape index (κ1) is 29.3. The lowest BCUT2D eigenvalue weighted by atomic mass is 9.83. The predicted octanol–water partition coefficient (Wildman–Crippen LogP) is 10.1. The van der Waals surface area contributed by atoms with Crippen molar-refractivity contribution < 1.29 is 4.79 Å². The van der Waals surface area contributed by atoms with Gasteiger partial charge in [-0.2, -0.15) is 0 Å². The Morgan fingerprint density at radius 3 is 2.33 bits per heavy atom. The van der Waals surface area contributed by atoms with Gasteiger partial charge in [0.05, 0.1) is 5.57 Å². The molecule has 0 aromatic heterocycles. The molecule has 0 saturated heterocycles. The third-order valence-electron chi connectivity index (χ3n) is 6.71. The van der Waals surface area contributed by atoms with Gasteiger partial charge in [0.2, 0.25) is 0 Å². The van der Waals surface area contributed by atoms with Crippen LogP contribution < -0.4 is 0 Å². The second-order valence-corrected chi connectivity index (χ2v) is 9.78. The second kappa shape index (κ2) is 17.5. The lowest BCUT2D eigenvalue weighted by Gasteiger charge is -2.20. The summed E-state index contributed by atoms with van der Waals surface area (Å²) in [5, 5.41) is 0. The minimum absolute atomic E-state index is 0.889. The van der Waals surface area contributed by atoms with Gasteiger partial charge in [-0.05, 0) is 79.7 Å². The molecule has 0 spiro atoms. The molecule has 0 atom stereocenters. The van der Waals surface area contributed by atoms with E-state index in [0.29, 0.717) is 0 Å². The van der Waals surface area contributed by atoms with Gasteiger partial charge in [-0.1, -0.05) is 119 Å². The zero-order chi connectivity index (χ0) is 26.0. The van der Waals surface area contributed by atoms with Gasteiger partial charge in [-0.3, -0.25) is 0 Å². The Kier molecular flexibility index (Phi) is 14.2. The summed E-state index contributed by atoms with van der Waals surface area (Å²) in [4.78, 5) is 3.42. The van der Waals surface area contributed by atoms with E-state index in [2.05, 4.69) is 99.0 Å². The molecule has 0 heterocycles. The van der Waals surface area contributed by atoms with Gasteiger partial charge in [0, 0.05) is 0 Å². The van der Waals surface area contributed by atoms with Crippen LogP contribution in [0.2, 0.25) is 0 Å². The van der Waals surface area contributed by atoms with E-state index < -0.39 is 0 Å². The summed E-state index contributed by atoms with van der Waals surface area (Å²) in [6.45, 7) is 8.86. The number of unbranched alkanes of at least 4 members (excludes halogenated alkanes) is 5. The minimum Gasteiger partial charge on any atom is -0.348 e. The van der Waals surface area contributed by atoms with Gasteiger partial charge in [0.15, 0.2) is 0 Å². The van der Waals surface area contributed by atoms with Gasteiger partial charge in [0.25, 0.3) is 0 Å². The summed E-state index contributed by atoms with van der Waals surface area (Å²) < 4.78 is 0. The molecule has 0 radical (unpaired) electrons. The maximum absolute atomic E-state index is 9.59. The Hall–Kier alpha value is -2.92. The number of hydrogen-bond donors (Lipinski definition) is 0. The summed E-state index contributed by atoms with van der Waals surface area (Å²) in [5.74, 6) is 3.02. The molecule has 0 aliphatic rings. The highest BCUT2D eigenvalue weighted by molar-refractivity contribution is 5.88. The van der Waals surface area contributed by atoms with Crippen LogP contribution in [0, 0.1) is 6.92 Å². The normalized spacial score (nSPS) is 11.8. The summed E-state index contributed by atoms with van der Waals surface area (Å²) in [7, 11) is 0. The summed E-state index contributed by atoms with van der Waals surface area (Å²) >= 11 is 0. The van der Waals surface area contributed by atoms with Crippen LogP contribution in [0.1, 0.15) is 114 Å². The lowest BCUT2D eigenvalue weighted by Crippen LogP contribution is -2.04. The Balaban J connectivity index is 2.70. The molecule has 0 unspecified atom stereocenters. The molecule has 2 heteroatoms. The molecular weight excluding hydrogens is 436 g/mol. The van der Waals surface area contributed by atoms with E-state index in [-0.39, 0.29) is 0 Å². The van der Waals surface area contributed by atoms with Crippen molar-refractivity contribution in [2.75, 3.05) is 0 Å². The lowest BCUT2D eigenvalue weighted by molar-refractivity contribution is 0.00739. The summed E-state index contributed by atoms with van der Waals surface area (Å²) in [6.07, 6.45) is 17.8. The third-order valence-corrected chi connectivity index (χ3v) is 6.71. The molecule has 192 valence electrons. The molecule has 2 aromatic rings. The van der Waals surface area contributed by atoms with Crippen LogP contribution in [-0.2, 0) is 6.42 Å². The van der Waals surface area contributed by atoms with Gasteiger partial charge in [-0.25, -0.2) is 0 Å². The number of aryl methyl sites for hydroxylation is 2. The summed E-state index contributed by atoms with van der Waals surface area (Å²) in [5.41, 5.74) is 18.4. The number of hydrogen-bond acceptors (Lipinski definition) is 0. The second-order valence-electron chi connectivity index (χ2n) is 9.78. The average molecular weight is 483 g/mol. The van der Waals surface area contributed by atoms with E-state index in [1.54, 1.807) is 0 Å². The van der Waals surface area contributed by atoms with E-state index >= 15 is 0 Å². The zero-order valence-electron chi connectivity index (χ0n) is 23.2. The van der Waals surface area contributed by atoms with Crippen LogP contribution in [0.3, 0.4) is 0 Å². The maximum atomic E-state index is 9.59. The van der Waals surface area contributed by atoms with Crippen LogP contribution in [0.4, 0.5) is 0 Å². The molecular formula is C34H46N2. The number of nitrogens with zero attached hydrogens (tertiary/aromatic N) is 2. The van der Waals surface area contributed by atoms with E-state index in [0.717, 1.165) is 56.9 Å². The van der Waals surface area contributed by atoms with Crippen molar-refractivity contribution >= 4 is 11.4 Å². The number of allylic oxidation sites excluding steroid dienone is 4. The Morgan fingerprint density at radius 1 is 0.833 bits per heavy atom. The fraction of sp³-hybridized carbons (Fsp3) is 0.471. The molecule has 0 aliphatic heterocycles. The van der Waals surface area contributed by atoms with Crippen LogP contribution in [0.25, 0.3) is 11.1 Å². The van der Waals surface area contributed by atoms with Gasteiger partial charge in [0.1, 0.15) is 0 Å². The topological polar surface area (TPSA) is 36.4 Å². The molecule has 2 rings (SSSR count). The Morgan fingerprint density at radius 2 is 1.61 bits per heavy atom. The van der Waals surface area contributed by atoms with Crippen LogP contribution in [0.5, 0.6) is 0 Å². The molecule has 0 aliphatic carbocycles. The Labute approximate surface area is 220 Å². The summed E-state index contributed by atoms with van der Waals surface area (Å²) in [6, 6.07) is 17.7. The van der Waals surface area contributed by atoms with Crippen molar-refractivity contribution in [3.63, 3.8) is 0 Å². The van der Waals surface area contributed by atoms with Gasteiger partial charge in [-0.15, -0.1) is 4.79 Å². The van der Waals surface area contributed by atoms with Crippen molar-refractivity contribution in [1.29, 1.82) is 0 Å². The number of benzene rings is 2. The molecule has 2 nitrogen and oxygen atoms in total. The monoisotopic (exact) mass is 482 g/mol. The fourth-order valence-electron chi connectivity index (χ4n) is 4.76. The average Bonchev–Trinajstić information content (AvgIpc) is 2.89. The highest BCUT2D eigenvalue weighted by atomic mass is 14.8. The SMILES string of the molecule is CCCC=CCCc1ccccc1C(=C(CCCC)C(=C=[N+]=[N-])CCCCCC)c1cccc(C)c1. The van der Waals surface area contributed by atoms with Gasteiger partial charge < -0.3 is 5.53 Å². The standard InChI is InChI=1S/C34H46N2/c1-5-8-11-13-15-20-29-21-16-17-25-32(29)34(30-23-18-19-28(4)26-30)33(24-10-7-3)31(27-36-35)22-14-12-9-6-2/h11,13,16-19,21,23,25-26H,5-10,12,14-15,20,22,24H2,1-4H3. The molecule has 2 aromatic carbocycles. The van der Waals surface area contributed by atoms with Gasteiger partial charge >= 0.3 is 5.87 Å². The van der Waals surface area contributed by atoms with Crippen molar-refractivity contribution in [3.8, 4) is 0 Å². The molecule has 0 N–H and O–H groups in total. The molecule has 36 heavy (non-hydrogen) atoms. The first-order chi connectivity index (χ1) is 17.7. The Bertz CT molecular complexity index is 1080. The van der Waals surface area contributed by atoms with Crippen LogP contribution in [-0.4, -0.2) is 10.7 Å². The van der Waals surface area contributed by atoms with Crippen molar-refractivity contribution in [2.45, 2.75) is 105 Å². The fourth-order valence-corrected chi connectivity index (χ4v) is 4.76. The van der Waals surface area contributed by atoms with E-state index in [1.807, 2.05) is 0 Å². The predicted molar refractivity (Wildman–Crippen MR) is 156 cm³/mol. The van der Waals surface area contributed by atoms with Crippen molar-refractivity contribution in [2.24, 2.45) is 0 Å². The van der Waals surface area contributed by atoms with Crippen molar-refractivity contribution in [1.82, 2.24) is 0 Å². The highest BCUT2D eigenvalue weighted by Gasteiger charge is 2.20. The van der Waals surface area contributed by atoms with E-state index in [1.165, 1.54) is 59.1 Å². The minimum atomic E-state index is 0.889. The molecule has 0 saturated carbocycles. The van der Waals surface area contributed by atoms with Crippen molar-refractivity contribution in [3.05, 3.63) is 99.6 Å². The zero-order valence-corrected chi connectivity index (χ0v) is 23.2. The first-order valence-electron chi connectivity index (χ1n) is 14.2. The van der Waals surface area contributed by atoms with Crippen LogP contribution >= 0.6 is 0 Å². The van der Waals surface area contributed by atoms with E-state index in [9.17, 15) is 5.53 Å². The molecule has 0 fully saturated rings. The molecule has 0 bridgehead atoms. The largest absolute Gasteiger partial charge is 0.348 e. The first-order valence-corrected chi connectivity index (χ1v) is 14.2. The van der Waals surface area contributed by atoms with E-state index in [4.69, 9.17) is 0 Å². The van der Waals surface area contributed by atoms with Crippen LogP contribution in [0.15, 0.2) is 71.8 Å².